The lowest BCUT2D eigenvalue weighted by Gasteiger charge is -2.17. The Labute approximate surface area is 175 Å². The van der Waals surface area contributed by atoms with Crippen LogP contribution in [0, 0.1) is 11.6 Å². The van der Waals surface area contributed by atoms with Crippen molar-refractivity contribution in [3.8, 4) is 23.0 Å². The molecule has 0 saturated heterocycles. The van der Waals surface area contributed by atoms with Crippen molar-refractivity contribution in [3.05, 3.63) is 47.7 Å². The summed E-state index contributed by atoms with van der Waals surface area (Å²) in [5.41, 5.74) is 4.67. The summed E-state index contributed by atoms with van der Waals surface area (Å²) >= 11 is 0. The van der Waals surface area contributed by atoms with Gasteiger partial charge in [-0.15, -0.1) is 10.2 Å². The van der Waals surface area contributed by atoms with Crippen LogP contribution >= 0.6 is 0 Å². The van der Waals surface area contributed by atoms with Crippen LogP contribution in [-0.4, -0.2) is 47.4 Å². The van der Waals surface area contributed by atoms with Gasteiger partial charge in [0.2, 0.25) is 5.82 Å². The van der Waals surface area contributed by atoms with Crippen molar-refractivity contribution in [2.24, 2.45) is 5.73 Å². The molecule has 0 fully saturated rings. The van der Waals surface area contributed by atoms with Gasteiger partial charge in [-0.3, -0.25) is 4.79 Å². The van der Waals surface area contributed by atoms with E-state index >= 15 is 0 Å². The maximum Gasteiger partial charge on any atom is 0.304 e. The lowest BCUT2D eigenvalue weighted by molar-refractivity contribution is -0.137. The van der Waals surface area contributed by atoms with E-state index in [1.54, 1.807) is 0 Å². The maximum atomic E-state index is 14.6. The highest BCUT2D eigenvalue weighted by molar-refractivity contribution is 5.67. The zero-order chi connectivity index (χ0) is 22.8. The highest BCUT2D eigenvalue weighted by atomic mass is 19.1. The van der Waals surface area contributed by atoms with Crippen LogP contribution in [0.25, 0.3) is 11.4 Å². The number of ether oxygens (including phenoxy) is 1. The van der Waals surface area contributed by atoms with Gasteiger partial charge in [-0.2, -0.15) is 4.80 Å². The van der Waals surface area contributed by atoms with Crippen LogP contribution in [0.3, 0.4) is 0 Å². The van der Waals surface area contributed by atoms with E-state index in [1.165, 1.54) is 32.2 Å². The molecule has 0 radical (unpaired) electrons. The highest BCUT2D eigenvalue weighted by Crippen LogP contribution is 2.29. The summed E-state index contributed by atoms with van der Waals surface area (Å²) in [6.45, 7) is 2.97. The number of hydrogen-bond acceptors (Lipinski definition) is 8. The van der Waals surface area contributed by atoms with E-state index in [1.807, 2.05) is 0 Å². The number of nitrogens with two attached hydrogens (primary N) is 1. The number of aromatic nitrogens is 5. The van der Waals surface area contributed by atoms with Crippen LogP contribution in [-0.2, 0) is 16.9 Å². The average molecular weight is 434 g/mol. The molecule has 31 heavy (non-hydrogen) atoms. The Morgan fingerprint density at radius 3 is 2.65 bits per heavy atom. The topological polar surface area (TPSA) is 149 Å². The molecule has 0 aliphatic rings. The molecule has 12 heteroatoms. The van der Waals surface area contributed by atoms with Crippen LogP contribution in [0.5, 0.6) is 11.6 Å². The first kappa shape index (κ1) is 22.2. The number of halogens is 2. The van der Waals surface area contributed by atoms with E-state index in [4.69, 9.17) is 15.6 Å². The lowest BCUT2D eigenvalue weighted by atomic mass is 10.0. The molecule has 3 rings (SSSR count). The molecule has 0 bridgehead atoms. The van der Waals surface area contributed by atoms with Gasteiger partial charge in [0.1, 0.15) is 11.6 Å². The Morgan fingerprint density at radius 2 is 2.03 bits per heavy atom. The number of benzene rings is 1. The Kier molecular flexibility index (Phi) is 6.22. The lowest BCUT2D eigenvalue weighted by Crippen LogP contribution is -2.30. The predicted octanol–water partition coefficient (Wildman–Crippen LogP) is 1.83. The van der Waals surface area contributed by atoms with Crippen molar-refractivity contribution in [3.63, 3.8) is 0 Å². The molecule has 0 saturated carbocycles. The van der Waals surface area contributed by atoms with Crippen molar-refractivity contribution in [2.45, 2.75) is 38.5 Å². The van der Waals surface area contributed by atoms with Crippen LogP contribution in [0.4, 0.5) is 8.78 Å². The van der Waals surface area contributed by atoms with Crippen molar-refractivity contribution in [1.29, 1.82) is 0 Å². The zero-order valence-corrected chi connectivity index (χ0v) is 16.7. The fraction of sp³-hybridized carbons (Fsp3) is 0.316. The van der Waals surface area contributed by atoms with E-state index in [2.05, 4.69) is 20.4 Å². The van der Waals surface area contributed by atoms with Crippen molar-refractivity contribution in [2.75, 3.05) is 0 Å². The predicted molar refractivity (Wildman–Crippen MR) is 103 cm³/mol. The minimum Gasteiger partial charge on any atom is -0.481 e. The second-order valence-electron chi connectivity index (χ2n) is 7.34. The van der Waals surface area contributed by atoms with Crippen molar-refractivity contribution >= 4 is 5.97 Å². The molecule has 2 aromatic heterocycles. The minimum atomic E-state index is -1.28. The number of nitrogens with zero attached hydrogens (tertiary/aromatic N) is 5. The number of rotatable bonds is 8. The van der Waals surface area contributed by atoms with E-state index < -0.39 is 29.2 Å². The summed E-state index contributed by atoms with van der Waals surface area (Å²) in [7, 11) is 0. The Hall–Kier alpha value is -3.51. The van der Waals surface area contributed by atoms with E-state index in [0.717, 1.165) is 16.9 Å². The summed E-state index contributed by atoms with van der Waals surface area (Å²) in [6, 6.07) is 4.07. The summed E-state index contributed by atoms with van der Waals surface area (Å²) < 4.78 is 34.1. The molecule has 0 amide bonds. The fourth-order valence-corrected chi connectivity index (χ4v) is 2.61. The molecule has 0 aliphatic heterocycles. The van der Waals surface area contributed by atoms with E-state index in [-0.39, 0.29) is 41.5 Å². The van der Waals surface area contributed by atoms with Gasteiger partial charge in [0.25, 0.3) is 5.88 Å². The van der Waals surface area contributed by atoms with Crippen LogP contribution in [0.1, 0.15) is 25.8 Å². The largest absolute Gasteiger partial charge is 0.481 e. The number of carbonyl (C=O) groups is 1. The van der Waals surface area contributed by atoms with E-state index in [9.17, 15) is 18.7 Å². The second kappa shape index (κ2) is 8.70. The third-order valence-corrected chi connectivity index (χ3v) is 4.20. The van der Waals surface area contributed by atoms with E-state index in [0.29, 0.717) is 0 Å². The zero-order valence-electron chi connectivity index (χ0n) is 16.7. The smallest absolute Gasteiger partial charge is 0.304 e. The number of aliphatic carboxylic acids is 1. The summed E-state index contributed by atoms with van der Waals surface area (Å²) in [5, 5.41) is 30.1. The summed E-state index contributed by atoms with van der Waals surface area (Å²) in [4.78, 5) is 15.6. The third kappa shape index (κ3) is 5.55. The molecule has 2 heterocycles. The Balaban J connectivity index is 1.74. The SMILES string of the molecule is CC(C)(O)c1cnc(Oc2ccc(-c3nnn(C[C@@H](N)CC(=O)O)n3)c(F)c2)c(F)c1. The third-order valence-electron chi connectivity index (χ3n) is 4.20. The molecule has 1 aromatic carbocycles. The van der Waals surface area contributed by atoms with Crippen molar-refractivity contribution in [1.82, 2.24) is 25.2 Å². The number of pyridine rings is 1. The molecule has 10 nitrogen and oxygen atoms in total. The first-order valence-electron chi connectivity index (χ1n) is 9.14. The summed E-state index contributed by atoms with van der Waals surface area (Å²) in [5.74, 6) is -3.05. The summed E-state index contributed by atoms with van der Waals surface area (Å²) in [6.07, 6.45) is 0.985. The van der Waals surface area contributed by atoms with Gasteiger partial charge in [-0.25, -0.2) is 13.8 Å². The maximum absolute atomic E-state index is 14.6. The van der Waals surface area contributed by atoms with Gasteiger partial charge >= 0.3 is 5.97 Å². The number of tetrazole rings is 1. The molecule has 1 atom stereocenters. The van der Waals surface area contributed by atoms with Crippen LogP contribution in [0.2, 0.25) is 0 Å². The minimum absolute atomic E-state index is 0.00625. The van der Waals surface area contributed by atoms with Crippen LogP contribution < -0.4 is 10.5 Å². The van der Waals surface area contributed by atoms with Gasteiger partial charge in [-0.1, -0.05) is 0 Å². The Morgan fingerprint density at radius 1 is 1.29 bits per heavy atom. The fourth-order valence-electron chi connectivity index (χ4n) is 2.61. The van der Waals surface area contributed by atoms with Gasteiger partial charge in [0, 0.05) is 23.9 Å². The monoisotopic (exact) mass is 434 g/mol. The first-order valence-corrected chi connectivity index (χ1v) is 9.14. The normalized spacial score (nSPS) is 12.6. The van der Waals surface area contributed by atoms with Gasteiger partial charge in [0.15, 0.2) is 5.82 Å². The van der Waals surface area contributed by atoms with Gasteiger partial charge < -0.3 is 20.7 Å². The standard InChI is InChI=1S/C19H20F2N6O4/c1-19(2,30)10-5-15(21)18(23-8-10)31-12-3-4-13(14(20)7-12)17-24-26-27(25-17)9-11(22)6-16(28)29/h3-5,7-8,11,30H,6,9,22H2,1-2H3,(H,28,29)/t11-/m0/s1. The molecular weight excluding hydrogens is 414 g/mol. The number of carboxylic acids is 1. The molecule has 0 aliphatic carbocycles. The molecular formula is C19H20F2N6O4. The van der Waals surface area contributed by atoms with Crippen LogP contribution in [0.15, 0.2) is 30.5 Å². The molecule has 164 valence electrons. The number of hydrogen-bond donors (Lipinski definition) is 3. The molecule has 0 spiro atoms. The number of aliphatic hydroxyl groups is 1. The quantitative estimate of drug-likeness (QED) is 0.482. The molecule has 4 N–H and O–H groups in total. The average Bonchev–Trinajstić information content (AvgIpc) is 3.10. The molecule has 0 unspecified atom stereocenters. The van der Waals surface area contributed by atoms with Gasteiger partial charge in [-0.05, 0) is 37.3 Å². The van der Waals surface area contributed by atoms with Gasteiger partial charge in [0.05, 0.1) is 24.1 Å². The Bertz CT molecular complexity index is 1100. The first-order chi connectivity index (χ1) is 14.5. The second-order valence-corrected chi connectivity index (χ2v) is 7.34. The molecule has 3 aromatic rings. The van der Waals surface area contributed by atoms with Crippen molar-refractivity contribution < 1.29 is 28.5 Å². The highest BCUT2D eigenvalue weighted by Gasteiger charge is 2.20. The number of carboxylic acid groups (broad SMARTS) is 1.